The maximum absolute atomic E-state index is 12.8. The van der Waals surface area contributed by atoms with Gasteiger partial charge in [0.25, 0.3) is 5.91 Å². The van der Waals surface area contributed by atoms with E-state index in [4.69, 9.17) is 5.26 Å². The van der Waals surface area contributed by atoms with Crippen molar-refractivity contribution in [3.05, 3.63) is 29.8 Å². The van der Waals surface area contributed by atoms with E-state index < -0.39 is 5.82 Å². The number of nitriles is 1. The normalized spacial score (nSPS) is 11.6. The number of carbonyl (C=O) groups excluding carboxylic acids is 1. The molecule has 1 unspecified atom stereocenters. The minimum atomic E-state index is -0.549. The van der Waals surface area contributed by atoms with Gasteiger partial charge in [-0.1, -0.05) is 0 Å². The molecule has 1 rings (SSSR count). The van der Waals surface area contributed by atoms with Crippen LogP contribution in [0.2, 0.25) is 0 Å². The van der Waals surface area contributed by atoms with E-state index in [1.54, 1.807) is 14.0 Å². The molecule has 0 saturated carbocycles. The van der Waals surface area contributed by atoms with Crippen molar-refractivity contribution >= 4 is 5.91 Å². The third-order valence-corrected chi connectivity index (χ3v) is 2.07. The molecule has 5 heteroatoms. The SMILES string of the molecule is CC(C#N)CN(C)C(=O)c1cncc(F)c1. The summed E-state index contributed by atoms with van der Waals surface area (Å²) in [5.74, 6) is -1.14. The molecule has 0 N–H and O–H groups in total. The fraction of sp³-hybridized carbons (Fsp3) is 0.364. The van der Waals surface area contributed by atoms with Crippen molar-refractivity contribution in [3.63, 3.8) is 0 Å². The van der Waals surface area contributed by atoms with Gasteiger partial charge in [-0.15, -0.1) is 0 Å². The lowest BCUT2D eigenvalue weighted by Crippen LogP contribution is -2.30. The fourth-order valence-electron chi connectivity index (χ4n) is 1.28. The van der Waals surface area contributed by atoms with Gasteiger partial charge in [-0.25, -0.2) is 4.39 Å². The minimum absolute atomic E-state index is 0.188. The van der Waals surface area contributed by atoms with E-state index in [-0.39, 0.29) is 17.4 Å². The highest BCUT2D eigenvalue weighted by atomic mass is 19.1. The highest BCUT2D eigenvalue weighted by Gasteiger charge is 2.14. The highest BCUT2D eigenvalue weighted by molar-refractivity contribution is 5.93. The summed E-state index contributed by atoms with van der Waals surface area (Å²) in [5, 5.41) is 8.62. The van der Waals surface area contributed by atoms with E-state index in [0.717, 1.165) is 12.3 Å². The maximum Gasteiger partial charge on any atom is 0.255 e. The molecule has 84 valence electrons. The van der Waals surface area contributed by atoms with E-state index in [9.17, 15) is 9.18 Å². The van der Waals surface area contributed by atoms with Gasteiger partial charge in [-0.3, -0.25) is 9.78 Å². The van der Waals surface area contributed by atoms with E-state index in [1.165, 1.54) is 11.1 Å². The number of carbonyl (C=O) groups is 1. The summed E-state index contributed by atoms with van der Waals surface area (Å²) < 4.78 is 12.8. The van der Waals surface area contributed by atoms with Gasteiger partial charge in [0.2, 0.25) is 0 Å². The lowest BCUT2D eigenvalue weighted by atomic mass is 10.2. The minimum Gasteiger partial charge on any atom is -0.340 e. The Labute approximate surface area is 93.3 Å². The van der Waals surface area contributed by atoms with Crippen LogP contribution in [0.25, 0.3) is 0 Å². The van der Waals surface area contributed by atoms with Gasteiger partial charge < -0.3 is 4.90 Å². The Morgan fingerprint density at radius 1 is 1.69 bits per heavy atom. The largest absolute Gasteiger partial charge is 0.340 e. The average Bonchev–Trinajstić information content (AvgIpc) is 2.27. The van der Waals surface area contributed by atoms with Crippen molar-refractivity contribution < 1.29 is 9.18 Å². The molecule has 1 aromatic rings. The second-order valence-electron chi connectivity index (χ2n) is 3.61. The summed E-state index contributed by atoms with van der Waals surface area (Å²) in [7, 11) is 1.57. The quantitative estimate of drug-likeness (QED) is 0.776. The lowest BCUT2D eigenvalue weighted by Gasteiger charge is -2.17. The average molecular weight is 221 g/mol. The first-order valence-corrected chi connectivity index (χ1v) is 4.80. The van der Waals surface area contributed by atoms with Crippen LogP contribution in [0.4, 0.5) is 4.39 Å². The van der Waals surface area contributed by atoms with E-state index >= 15 is 0 Å². The Balaban J connectivity index is 2.75. The molecule has 1 amide bonds. The monoisotopic (exact) mass is 221 g/mol. The van der Waals surface area contributed by atoms with Crippen LogP contribution in [-0.2, 0) is 0 Å². The number of nitrogens with zero attached hydrogens (tertiary/aromatic N) is 3. The first-order valence-electron chi connectivity index (χ1n) is 4.80. The van der Waals surface area contributed by atoms with Crippen LogP contribution in [0.15, 0.2) is 18.5 Å². The molecule has 0 aliphatic rings. The number of hydrogen-bond donors (Lipinski definition) is 0. The van der Waals surface area contributed by atoms with Gasteiger partial charge in [0.15, 0.2) is 0 Å². The van der Waals surface area contributed by atoms with Gasteiger partial charge in [0.1, 0.15) is 5.82 Å². The summed E-state index contributed by atoms with van der Waals surface area (Å²) in [6, 6.07) is 3.16. The second-order valence-corrected chi connectivity index (χ2v) is 3.61. The molecule has 0 saturated heterocycles. The molecule has 0 fully saturated rings. The molecule has 1 heterocycles. The zero-order chi connectivity index (χ0) is 12.1. The van der Waals surface area contributed by atoms with E-state index in [1.807, 2.05) is 6.07 Å². The number of hydrogen-bond acceptors (Lipinski definition) is 3. The summed E-state index contributed by atoms with van der Waals surface area (Å²) in [5.41, 5.74) is 0.188. The van der Waals surface area contributed by atoms with Crippen molar-refractivity contribution in [1.82, 2.24) is 9.88 Å². The van der Waals surface area contributed by atoms with Crippen LogP contribution in [0.3, 0.4) is 0 Å². The molecule has 0 spiro atoms. The molecule has 0 radical (unpaired) electrons. The second kappa shape index (κ2) is 5.21. The summed E-state index contributed by atoms with van der Waals surface area (Å²) in [6.45, 7) is 2.03. The first kappa shape index (κ1) is 12.1. The van der Waals surface area contributed by atoms with Gasteiger partial charge in [-0.05, 0) is 13.0 Å². The number of rotatable bonds is 3. The van der Waals surface area contributed by atoms with Crippen molar-refractivity contribution in [2.75, 3.05) is 13.6 Å². The maximum atomic E-state index is 12.8. The lowest BCUT2D eigenvalue weighted by molar-refractivity contribution is 0.0784. The molecule has 16 heavy (non-hydrogen) atoms. The van der Waals surface area contributed by atoms with Crippen molar-refractivity contribution in [2.24, 2.45) is 5.92 Å². The standard InChI is InChI=1S/C11H12FN3O/c1-8(4-13)7-15(2)11(16)9-3-10(12)6-14-5-9/h3,5-6,8H,7H2,1-2H3. The predicted molar refractivity (Wildman–Crippen MR) is 55.9 cm³/mol. The Morgan fingerprint density at radius 3 is 2.94 bits per heavy atom. The fourth-order valence-corrected chi connectivity index (χ4v) is 1.28. The molecule has 1 atom stereocenters. The molecule has 4 nitrogen and oxygen atoms in total. The molecule has 1 aromatic heterocycles. The number of pyridine rings is 1. The van der Waals surface area contributed by atoms with Gasteiger partial charge in [0, 0.05) is 19.8 Å². The zero-order valence-electron chi connectivity index (χ0n) is 9.14. The summed E-state index contributed by atoms with van der Waals surface area (Å²) in [6.07, 6.45) is 2.34. The van der Waals surface area contributed by atoms with E-state index in [0.29, 0.717) is 6.54 Å². The molecule has 0 aromatic carbocycles. The Morgan fingerprint density at radius 2 is 2.38 bits per heavy atom. The molecule has 0 aliphatic carbocycles. The zero-order valence-corrected chi connectivity index (χ0v) is 9.14. The van der Waals surface area contributed by atoms with Crippen LogP contribution in [0.5, 0.6) is 0 Å². The first-order chi connectivity index (χ1) is 7.54. The third kappa shape index (κ3) is 3.02. The van der Waals surface area contributed by atoms with Crippen LogP contribution in [0.1, 0.15) is 17.3 Å². The van der Waals surface area contributed by atoms with Crippen molar-refractivity contribution in [3.8, 4) is 6.07 Å². The van der Waals surface area contributed by atoms with Crippen LogP contribution in [-0.4, -0.2) is 29.4 Å². The Kier molecular flexibility index (Phi) is 3.95. The third-order valence-electron chi connectivity index (χ3n) is 2.07. The van der Waals surface area contributed by atoms with Crippen molar-refractivity contribution in [1.29, 1.82) is 5.26 Å². The smallest absolute Gasteiger partial charge is 0.255 e. The van der Waals surface area contributed by atoms with Gasteiger partial charge in [0.05, 0.1) is 23.7 Å². The van der Waals surface area contributed by atoms with Gasteiger partial charge in [-0.2, -0.15) is 5.26 Å². The highest BCUT2D eigenvalue weighted by Crippen LogP contribution is 2.06. The Hall–Kier alpha value is -1.96. The molecule has 0 aliphatic heterocycles. The number of amides is 1. The molecule has 0 bridgehead atoms. The summed E-state index contributed by atoms with van der Waals surface area (Å²) >= 11 is 0. The number of halogens is 1. The van der Waals surface area contributed by atoms with Crippen molar-refractivity contribution in [2.45, 2.75) is 6.92 Å². The molecular formula is C11H12FN3O. The van der Waals surface area contributed by atoms with Crippen LogP contribution >= 0.6 is 0 Å². The number of aromatic nitrogens is 1. The topological polar surface area (TPSA) is 57.0 Å². The van der Waals surface area contributed by atoms with Crippen LogP contribution in [0, 0.1) is 23.1 Å². The predicted octanol–water partition coefficient (Wildman–Crippen LogP) is 1.45. The van der Waals surface area contributed by atoms with E-state index in [2.05, 4.69) is 4.98 Å². The summed E-state index contributed by atoms with van der Waals surface area (Å²) in [4.78, 5) is 16.7. The Bertz CT molecular complexity index is 427. The van der Waals surface area contributed by atoms with Crippen LogP contribution < -0.4 is 0 Å². The molecular weight excluding hydrogens is 209 g/mol. The van der Waals surface area contributed by atoms with Gasteiger partial charge >= 0.3 is 0 Å².